The maximum atomic E-state index is 12.1. The average molecular weight is 288 g/mol. The number of nitrogens with zero attached hydrogens (tertiary/aromatic N) is 1. The number of amides is 1. The molecule has 0 heterocycles. The predicted molar refractivity (Wildman–Crippen MR) is 75.6 cm³/mol. The van der Waals surface area contributed by atoms with Gasteiger partial charge in [-0.05, 0) is 30.7 Å². The molecule has 0 bridgehead atoms. The van der Waals surface area contributed by atoms with Crippen molar-refractivity contribution in [2.24, 2.45) is 0 Å². The number of hydrogen-bond acceptors (Lipinski definition) is 5. The summed E-state index contributed by atoms with van der Waals surface area (Å²) in [4.78, 5) is 22.2. The van der Waals surface area contributed by atoms with Crippen molar-refractivity contribution in [1.29, 1.82) is 0 Å². The number of aryl methyl sites for hydroxylation is 1. The van der Waals surface area contributed by atoms with Crippen molar-refractivity contribution in [3.05, 3.63) is 57.6 Å². The van der Waals surface area contributed by atoms with E-state index < -0.39 is 22.3 Å². The molecule has 0 radical (unpaired) electrons. The highest BCUT2D eigenvalue weighted by Crippen LogP contribution is 2.34. The molecule has 0 aliphatic rings. The van der Waals surface area contributed by atoms with Crippen molar-refractivity contribution in [2.75, 3.05) is 5.32 Å². The fourth-order valence-corrected chi connectivity index (χ4v) is 1.82. The number of phenolic OH excluding ortho intramolecular Hbond substituents is 2. The number of nitro groups is 1. The van der Waals surface area contributed by atoms with Gasteiger partial charge in [-0.25, -0.2) is 0 Å². The number of carbonyl (C=O) groups is 1. The van der Waals surface area contributed by atoms with Crippen molar-refractivity contribution in [1.82, 2.24) is 0 Å². The lowest BCUT2D eigenvalue weighted by molar-refractivity contribution is -0.384. The van der Waals surface area contributed by atoms with E-state index in [2.05, 4.69) is 5.32 Å². The van der Waals surface area contributed by atoms with Crippen LogP contribution in [0.1, 0.15) is 15.9 Å². The van der Waals surface area contributed by atoms with Crippen molar-refractivity contribution in [3.63, 3.8) is 0 Å². The molecule has 0 unspecified atom stereocenters. The van der Waals surface area contributed by atoms with Gasteiger partial charge in [0.05, 0.1) is 10.5 Å². The van der Waals surface area contributed by atoms with E-state index in [1.165, 1.54) is 24.3 Å². The number of aromatic hydroxyl groups is 2. The van der Waals surface area contributed by atoms with Crippen molar-refractivity contribution < 1.29 is 19.9 Å². The van der Waals surface area contributed by atoms with Crippen LogP contribution in [0.2, 0.25) is 0 Å². The largest absolute Gasteiger partial charge is 0.507 e. The summed E-state index contributed by atoms with van der Waals surface area (Å²) in [5, 5.41) is 32.5. The summed E-state index contributed by atoms with van der Waals surface area (Å²) in [6, 6.07) is 8.09. The van der Waals surface area contributed by atoms with Crippen molar-refractivity contribution in [2.45, 2.75) is 6.92 Å². The molecule has 0 spiro atoms. The smallest absolute Gasteiger partial charge is 0.296 e. The molecule has 7 nitrogen and oxygen atoms in total. The Morgan fingerprint density at radius 1 is 1.19 bits per heavy atom. The quantitative estimate of drug-likeness (QED) is 0.456. The first-order valence-electron chi connectivity index (χ1n) is 5.97. The summed E-state index contributed by atoms with van der Waals surface area (Å²) >= 11 is 0. The number of hydrogen-bond donors (Lipinski definition) is 3. The lowest BCUT2D eigenvalue weighted by Crippen LogP contribution is -2.13. The van der Waals surface area contributed by atoms with Gasteiger partial charge >= 0.3 is 0 Å². The summed E-state index contributed by atoms with van der Waals surface area (Å²) in [6.07, 6.45) is 0. The van der Waals surface area contributed by atoms with Crippen LogP contribution < -0.4 is 5.32 Å². The minimum absolute atomic E-state index is 0.0434. The van der Waals surface area contributed by atoms with Gasteiger partial charge < -0.3 is 15.5 Å². The molecule has 2 aromatic rings. The third kappa shape index (κ3) is 2.92. The Morgan fingerprint density at radius 3 is 2.52 bits per heavy atom. The van der Waals surface area contributed by atoms with Gasteiger partial charge in [-0.15, -0.1) is 0 Å². The van der Waals surface area contributed by atoms with E-state index in [-0.39, 0.29) is 17.0 Å². The molecule has 0 fully saturated rings. The van der Waals surface area contributed by atoms with Crippen LogP contribution in [-0.2, 0) is 0 Å². The first-order chi connectivity index (χ1) is 9.90. The maximum Gasteiger partial charge on any atom is 0.296 e. The average Bonchev–Trinajstić information content (AvgIpc) is 2.40. The minimum atomic E-state index is -0.753. The van der Waals surface area contributed by atoms with Gasteiger partial charge in [0.25, 0.3) is 11.6 Å². The second-order valence-electron chi connectivity index (χ2n) is 4.40. The zero-order chi connectivity index (χ0) is 15.6. The number of para-hydroxylation sites is 1. The highest BCUT2D eigenvalue weighted by atomic mass is 16.6. The molecule has 3 N–H and O–H groups in total. The van der Waals surface area contributed by atoms with Crippen LogP contribution in [0.25, 0.3) is 0 Å². The highest BCUT2D eigenvalue weighted by Gasteiger charge is 2.21. The SMILES string of the molecule is Cc1ccc(C(=O)Nc2c(O)cccc2[N+](=O)[O-])c(O)c1. The number of benzene rings is 2. The Morgan fingerprint density at radius 2 is 1.90 bits per heavy atom. The first-order valence-corrected chi connectivity index (χ1v) is 5.97. The van der Waals surface area contributed by atoms with E-state index in [1.54, 1.807) is 13.0 Å². The van der Waals surface area contributed by atoms with Gasteiger partial charge in [-0.2, -0.15) is 0 Å². The molecule has 0 aliphatic heterocycles. The summed E-state index contributed by atoms with van der Waals surface area (Å²) in [5.41, 5.74) is -0.0295. The molecule has 0 aromatic heterocycles. The molecule has 2 aromatic carbocycles. The Labute approximate surface area is 119 Å². The zero-order valence-electron chi connectivity index (χ0n) is 11.0. The van der Waals surface area contributed by atoms with Gasteiger partial charge in [0.1, 0.15) is 11.5 Å². The summed E-state index contributed by atoms with van der Waals surface area (Å²) < 4.78 is 0. The number of rotatable bonds is 3. The third-order valence-electron chi connectivity index (χ3n) is 2.85. The van der Waals surface area contributed by atoms with Gasteiger partial charge in [0.15, 0.2) is 5.69 Å². The van der Waals surface area contributed by atoms with Gasteiger partial charge in [0, 0.05) is 6.07 Å². The Hall–Kier alpha value is -3.09. The summed E-state index contributed by atoms with van der Waals surface area (Å²) in [5.74, 6) is -1.42. The molecule has 108 valence electrons. The molecule has 7 heteroatoms. The second-order valence-corrected chi connectivity index (χ2v) is 4.40. The second kappa shape index (κ2) is 5.49. The third-order valence-corrected chi connectivity index (χ3v) is 2.85. The van der Waals surface area contributed by atoms with Crippen LogP contribution in [0, 0.1) is 17.0 Å². The number of nitro benzene ring substituents is 1. The molecular formula is C14H12N2O5. The lowest BCUT2D eigenvalue weighted by Gasteiger charge is -2.09. The normalized spacial score (nSPS) is 10.1. The first kappa shape index (κ1) is 14.3. The minimum Gasteiger partial charge on any atom is -0.507 e. The van der Waals surface area contributed by atoms with Crippen LogP contribution in [-0.4, -0.2) is 21.0 Å². The van der Waals surface area contributed by atoms with E-state index in [1.807, 2.05) is 0 Å². The molecule has 21 heavy (non-hydrogen) atoms. The molecule has 0 saturated carbocycles. The van der Waals surface area contributed by atoms with Gasteiger partial charge in [-0.1, -0.05) is 12.1 Å². The van der Waals surface area contributed by atoms with Crippen LogP contribution >= 0.6 is 0 Å². The van der Waals surface area contributed by atoms with E-state index in [4.69, 9.17) is 0 Å². The fourth-order valence-electron chi connectivity index (χ4n) is 1.82. The lowest BCUT2D eigenvalue weighted by atomic mass is 10.1. The number of anilines is 1. The molecule has 2 rings (SSSR count). The zero-order valence-corrected chi connectivity index (χ0v) is 11.0. The molecule has 0 saturated heterocycles. The predicted octanol–water partition coefficient (Wildman–Crippen LogP) is 2.57. The van der Waals surface area contributed by atoms with Gasteiger partial charge in [-0.3, -0.25) is 14.9 Å². The Balaban J connectivity index is 2.38. The summed E-state index contributed by atoms with van der Waals surface area (Å²) in [6.45, 7) is 1.75. The van der Waals surface area contributed by atoms with Gasteiger partial charge in [0.2, 0.25) is 0 Å². The van der Waals surface area contributed by atoms with Crippen molar-refractivity contribution >= 4 is 17.3 Å². The highest BCUT2D eigenvalue weighted by molar-refractivity contribution is 6.08. The molecule has 0 atom stereocenters. The van der Waals surface area contributed by atoms with Crippen molar-refractivity contribution in [3.8, 4) is 11.5 Å². The monoisotopic (exact) mass is 288 g/mol. The van der Waals surface area contributed by atoms with Crippen LogP contribution in [0.3, 0.4) is 0 Å². The van der Waals surface area contributed by atoms with Crippen LogP contribution in [0.15, 0.2) is 36.4 Å². The van der Waals surface area contributed by atoms with E-state index in [0.717, 1.165) is 11.6 Å². The number of carbonyl (C=O) groups excluding carboxylic acids is 1. The fraction of sp³-hybridized carbons (Fsp3) is 0.0714. The van der Waals surface area contributed by atoms with E-state index >= 15 is 0 Å². The van der Waals surface area contributed by atoms with Crippen LogP contribution in [0.5, 0.6) is 11.5 Å². The van der Waals surface area contributed by atoms with E-state index in [9.17, 15) is 25.1 Å². The number of nitrogens with one attached hydrogen (secondary N) is 1. The maximum absolute atomic E-state index is 12.1. The van der Waals surface area contributed by atoms with E-state index in [0.29, 0.717) is 0 Å². The topological polar surface area (TPSA) is 113 Å². The molecule has 0 aliphatic carbocycles. The number of phenols is 2. The summed E-state index contributed by atoms with van der Waals surface area (Å²) in [7, 11) is 0. The molecule has 1 amide bonds. The molecular weight excluding hydrogens is 276 g/mol. The Kier molecular flexibility index (Phi) is 3.75. The standard InChI is InChI=1S/C14H12N2O5/c1-8-5-6-9(12(18)7-8)14(19)15-13-10(16(20)21)3-2-4-11(13)17/h2-7,17-18H,1H3,(H,15,19). The van der Waals surface area contributed by atoms with Crippen LogP contribution in [0.4, 0.5) is 11.4 Å². The Bertz CT molecular complexity index is 727.